The first-order chi connectivity index (χ1) is 6.20. The minimum Gasteiger partial charge on any atom is -0.301 e. The molecule has 0 aliphatic heterocycles. The average Bonchev–Trinajstić information content (AvgIpc) is 2.11. The van der Waals surface area contributed by atoms with Crippen molar-refractivity contribution in [2.24, 2.45) is 0 Å². The Balaban J connectivity index is 3.20. The molecule has 1 unspecified atom stereocenters. The van der Waals surface area contributed by atoms with E-state index in [4.69, 9.17) is 5.26 Å². The quantitative estimate of drug-likeness (QED) is 0.865. The highest BCUT2D eigenvalue weighted by molar-refractivity contribution is 9.10. The van der Waals surface area contributed by atoms with E-state index in [-0.39, 0.29) is 5.82 Å². The van der Waals surface area contributed by atoms with E-state index in [0.717, 1.165) is 0 Å². The van der Waals surface area contributed by atoms with E-state index >= 15 is 0 Å². The van der Waals surface area contributed by atoms with Crippen molar-refractivity contribution in [2.75, 3.05) is 7.05 Å². The number of benzene rings is 1. The normalized spacial score (nSPS) is 12.2. The van der Waals surface area contributed by atoms with Crippen LogP contribution in [0.15, 0.2) is 22.7 Å². The van der Waals surface area contributed by atoms with Crippen LogP contribution in [0.25, 0.3) is 0 Å². The molecule has 0 amide bonds. The van der Waals surface area contributed by atoms with Gasteiger partial charge in [0.05, 0.1) is 6.07 Å². The van der Waals surface area contributed by atoms with E-state index in [9.17, 15) is 4.39 Å². The van der Waals surface area contributed by atoms with Gasteiger partial charge in [0.25, 0.3) is 0 Å². The van der Waals surface area contributed by atoms with Crippen LogP contribution in [0.3, 0.4) is 0 Å². The van der Waals surface area contributed by atoms with Crippen molar-refractivity contribution in [1.82, 2.24) is 5.32 Å². The molecular weight excluding hydrogens is 235 g/mol. The predicted octanol–water partition coefficient (Wildman–Crippen LogP) is 2.37. The molecule has 1 aromatic rings. The first-order valence-corrected chi connectivity index (χ1v) is 4.50. The molecule has 0 spiro atoms. The van der Waals surface area contributed by atoms with E-state index < -0.39 is 6.04 Å². The Labute approximate surface area is 84.5 Å². The summed E-state index contributed by atoms with van der Waals surface area (Å²) in [7, 11) is 1.62. The topological polar surface area (TPSA) is 35.8 Å². The van der Waals surface area contributed by atoms with Gasteiger partial charge in [-0.15, -0.1) is 0 Å². The number of halogens is 2. The number of nitriles is 1. The fourth-order valence-electron chi connectivity index (χ4n) is 1.06. The number of rotatable bonds is 2. The van der Waals surface area contributed by atoms with Gasteiger partial charge in [-0.3, -0.25) is 0 Å². The van der Waals surface area contributed by atoms with Crippen molar-refractivity contribution in [2.45, 2.75) is 6.04 Å². The number of nitrogens with zero attached hydrogens (tertiary/aromatic N) is 1. The Kier molecular flexibility index (Phi) is 3.40. The van der Waals surface area contributed by atoms with Crippen LogP contribution in [-0.2, 0) is 0 Å². The van der Waals surface area contributed by atoms with Crippen molar-refractivity contribution < 1.29 is 4.39 Å². The number of hydrogen-bond donors (Lipinski definition) is 1. The molecule has 0 aliphatic rings. The maximum absolute atomic E-state index is 13.3. The lowest BCUT2D eigenvalue weighted by atomic mass is 10.1. The highest BCUT2D eigenvalue weighted by Crippen LogP contribution is 2.25. The van der Waals surface area contributed by atoms with Crippen LogP contribution in [0.1, 0.15) is 11.6 Å². The summed E-state index contributed by atoms with van der Waals surface area (Å²) in [6.07, 6.45) is 0. The largest absolute Gasteiger partial charge is 0.301 e. The Morgan fingerprint density at radius 2 is 2.31 bits per heavy atom. The van der Waals surface area contributed by atoms with Crippen LogP contribution in [0.5, 0.6) is 0 Å². The molecule has 0 saturated carbocycles. The zero-order valence-corrected chi connectivity index (χ0v) is 8.60. The number of hydrogen-bond acceptors (Lipinski definition) is 2. The summed E-state index contributed by atoms with van der Waals surface area (Å²) in [4.78, 5) is 0. The van der Waals surface area contributed by atoms with Gasteiger partial charge < -0.3 is 5.32 Å². The Hall–Kier alpha value is -0.920. The van der Waals surface area contributed by atoms with Gasteiger partial charge in [-0.2, -0.15) is 5.26 Å². The van der Waals surface area contributed by atoms with Crippen molar-refractivity contribution in [3.8, 4) is 6.07 Å². The summed E-state index contributed by atoms with van der Waals surface area (Å²) < 4.78 is 13.9. The van der Waals surface area contributed by atoms with Gasteiger partial charge >= 0.3 is 0 Å². The van der Waals surface area contributed by atoms with Gasteiger partial charge in [0.2, 0.25) is 0 Å². The van der Waals surface area contributed by atoms with Gasteiger partial charge in [0.1, 0.15) is 11.9 Å². The number of nitrogens with one attached hydrogen (secondary N) is 1. The highest BCUT2D eigenvalue weighted by Gasteiger charge is 2.15. The van der Waals surface area contributed by atoms with Crippen molar-refractivity contribution >= 4 is 15.9 Å². The maximum atomic E-state index is 13.3. The van der Waals surface area contributed by atoms with Gasteiger partial charge in [-0.1, -0.05) is 22.0 Å². The van der Waals surface area contributed by atoms with E-state index in [1.54, 1.807) is 19.2 Å². The Morgan fingerprint density at radius 3 is 2.77 bits per heavy atom. The Morgan fingerprint density at radius 1 is 1.62 bits per heavy atom. The summed E-state index contributed by atoms with van der Waals surface area (Å²) in [6.45, 7) is 0. The third kappa shape index (κ3) is 2.06. The zero-order chi connectivity index (χ0) is 9.84. The monoisotopic (exact) mass is 242 g/mol. The van der Waals surface area contributed by atoms with Crippen LogP contribution in [0.4, 0.5) is 4.39 Å². The van der Waals surface area contributed by atoms with Gasteiger partial charge in [-0.05, 0) is 19.2 Å². The molecule has 0 aliphatic carbocycles. The van der Waals surface area contributed by atoms with Gasteiger partial charge in [0, 0.05) is 10.0 Å². The molecule has 0 bridgehead atoms. The minimum atomic E-state index is -0.615. The SMILES string of the molecule is CNC(C#N)c1c(F)cccc1Br. The molecule has 0 fully saturated rings. The van der Waals surface area contributed by atoms with Crippen molar-refractivity contribution in [3.05, 3.63) is 34.1 Å². The van der Waals surface area contributed by atoms with Gasteiger partial charge in [0.15, 0.2) is 0 Å². The molecule has 0 saturated heterocycles. The van der Waals surface area contributed by atoms with Crippen LogP contribution in [-0.4, -0.2) is 7.05 Å². The Bertz CT molecular complexity index is 326. The summed E-state index contributed by atoms with van der Waals surface area (Å²) >= 11 is 3.20. The molecule has 1 N–H and O–H groups in total. The summed E-state index contributed by atoms with van der Waals surface area (Å²) in [6, 6.07) is 5.99. The molecule has 2 nitrogen and oxygen atoms in total. The summed E-state index contributed by atoms with van der Waals surface area (Å²) in [5, 5.41) is 11.4. The van der Waals surface area contributed by atoms with Crippen LogP contribution in [0.2, 0.25) is 0 Å². The molecule has 0 aromatic heterocycles. The third-order valence-electron chi connectivity index (χ3n) is 1.71. The van der Waals surface area contributed by atoms with Crippen molar-refractivity contribution in [3.63, 3.8) is 0 Å². The lowest BCUT2D eigenvalue weighted by molar-refractivity contribution is 0.583. The zero-order valence-electron chi connectivity index (χ0n) is 7.01. The molecule has 1 rings (SSSR count). The van der Waals surface area contributed by atoms with Crippen molar-refractivity contribution in [1.29, 1.82) is 5.26 Å². The second kappa shape index (κ2) is 4.35. The smallest absolute Gasteiger partial charge is 0.130 e. The molecular formula is C9H8BrFN2. The molecule has 1 atom stereocenters. The second-order valence-corrected chi connectivity index (χ2v) is 3.34. The molecule has 68 valence electrons. The first-order valence-electron chi connectivity index (χ1n) is 3.71. The van der Waals surface area contributed by atoms with Crippen LogP contribution in [0, 0.1) is 17.1 Å². The van der Waals surface area contributed by atoms with E-state index in [1.165, 1.54) is 6.07 Å². The molecule has 13 heavy (non-hydrogen) atoms. The van der Waals surface area contributed by atoms with E-state index in [2.05, 4.69) is 21.2 Å². The van der Waals surface area contributed by atoms with E-state index in [1.807, 2.05) is 6.07 Å². The third-order valence-corrected chi connectivity index (χ3v) is 2.40. The highest BCUT2D eigenvalue weighted by atomic mass is 79.9. The maximum Gasteiger partial charge on any atom is 0.130 e. The van der Waals surface area contributed by atoms with E-state index in [0.29, 0.717) is 10.0 Å². The standard InChI is InChI=1S/C9H8BrFN2/c1-13-8(5-12)9-6(10)3-2-4-7(9)11/h2-4,8,13H,1H3. The second-order valence-electron chi connectivity index (χ2n) is 2.49. The predicted molar refractivity (Wildman–Crippen MR) is 51.5 cm³/mol. The molecule has 0 radical (unpaired) electrons. The minimum absolute atomic E-state index is 0.354. The van der Waals surface area contributed by atoms with Crippen LogP contribution >= 0.6 is 15.9 Å². The summed E-state index contributed by atoms with van der Waals surface area (Å²) in [5.74, 6) is -0.379. The lowest BCUT2D eigenvalue weighted by Crippen LogP contribution is -2.16. The fourth-order valence-corrected chi connectivity index (χ4v) is 1.63. The first kappa shape index (κ1) is 10.2. The van der Waals surface area contributed by atoms with Gasteiger partial charge in [-0.25, -0.2) is 4.39 Å². The molecule has 0 heterocycles. The fraction of sp³-hybridized carbons (Fsp3) is 0.222. The average molecular weight is 243 g/mol. The molecule has 1 aromatic carbocycles. The lowest BCUT2D eigenvalue weighted by Gasteiger charge is -2.10. The van der Waals surface area contributed by atoms with Crippen LogP contribution < -0.4 is 5.32 Å². The summed E-state index contributed by atoms with van der Waals surface area (Å²) in [5.41, 5.74) is 0.354. The molecule has 4 heteroatoms.